The third-order valence-corrected chi connectivity index (χ3v) is 6.31. The molecule has 6 nitrogen and oxygen atoms in total. The van der Waals surface area contributed by atoms with Gasteiger partial charge in [0.1, 0.15) is 5.82 Å². The number of hydrogen-bond donors (Lipinski definition) is 2. The summed E-state index contributed by atoms with van der Waals surface area (Å²) in [5, 5.41) is 10.3. The van der Waals surface area contributed by atoms with Crippen LogP contribution in [-0.2, 0) is 16.6 Å². The van der Waals surface area contributed by atoms with E-state index in [4.69, 9.17) is 5.14 Å². The molecule has 1 fully saturated rings. The van der Waals surface area contributed by atoms with E-state index in [2.05, 4.69) is 46.4 Å². The molecule has 3 aromatic rings. The minimum atomic E-state index is -3.79. The van der Waals surface area contributed by atoms with Gasteiger partial charge < -0.3 is 5.32 Å². The number of nitrogens with zero attached hydrogens (tertiary/aromatic N) is 2. The first kappa shape index (κ1) is 18.9. The summed E-state index contributed by atoms with van der Waals surface area (Å²) in [6, 6.07) is 18.0. The Morgan fingerprint density at radius 3 is 2.64 bits per heavy atom. The molecule has 7 heteroatoms. The summed E-state index contributed by atoms with van der Waals surface area (Å²) >= 11 is 0. The molecule has 0 radical (unpaired) electrons. The number of pyridine rings is 1. The lowest BCUT2D eigenvalue weighted by Gasteiger charge is -2.21. The number of primary sulfonamides is 1. The summed E-state index contributed by atoms with van der Waals surface area (Å²) in [6.07, 6.45) is 2.62. The highest BCUT2D eigenvalue weighted by atomic mass is 32.2. The van der Waals surface area contributed by atoms with Gasteiger partial charge in [0.2, 0.25) is 10.0 Å². The molecule has 1 saturated heterocycles. The lowest BCUT2D eigenvalue weighted by atomic mass is 10.1. The number of aromatic nitrogens is 1. The fraction of sp³-hybridized carbons (Fsp3) is 0.286. The maximum absolute atomic E-state index is 11.9. The van der Waals surface area contributed by atoms with E-state index < -0.39 is 10.0 Å². The number of anilines is 1. The van der Waals surface area contributed by atoms with Gasteiger partial charge in [-0.1, -0.05) is 42.5 Å². The lowest BCUT2D eigenvalue weighted by molar-refractivity contribution is 0.259. The van der Waals surface area contributed by atoms with E-state index in [1.807, 2.05) is 12.1 Å². The SMILES string of the molecule is CC1CC(Nc2nccc3c(S(N)(=O)=O)cccc23)CN1Cc1ccccc1. The molecule has 2 unspecified atom stereocenters. The van der Waals surface area contributed by atoms with Crippen molar-refractivity contribution < 1.29 is 8.42 Å². The molecule has 3 N–H and O–H groups in total. The number of fused-ring (bicyclic) bond motifs is 1. The van der Waals surface area contributed by atoms with E-state index in [0.717, 1.165) is 24.9 Å². The lowest BCUT2D eigenvalue weighted by Crippen LogP contribution is -2.28. The van der Waals surface area contributed by atoms with Crippen LogP contribution in [0.3, 0.4) is 0 Å². The topological polar surface area (TPSA) is 88.3 Å². The Balaban J connectivity index is 1.56. The smallest absolute Gasteiger partial charge is 0.238 e. The van der Waals surface area contributed by atoms with Gasteiger partial charge in [-0.15, -0.1) is 0 Å². The van der Waals surface area contributed by atoms with E-state index in [9.17, 15) is 8.42 Å². The van der Waals surface area contributed by atoms with Crippen LogP contribution in [0.15, 0.2) is 65.7 Å². The minimum absolute atomic E-state index is 0.126. The number of rotatable bonds is 5. The molecule has 146 valence electrons. The van der Waals surface area contributed by atoms with Gasteiger partial charge >= 0.3 is 0 Å². The van der Waals surface area contributed by atoms with Crippen molar-refractivity contribution in [2.75, 3.05) is 11.9 Å². The minimum Gasteiger partial charge on any atom is -0.365 e. The van der Waals surface area contributed by atoms with Crippen molar-refractivity contribution >= 4 is 26.6 Å². The molecule has 1 aromatic heterocycles. The van der Waals surface area contributed by atoms with Gasteiger partial charge in [0.15, 0.2) is 0 Å². The van der Waals surface area contributed by atoms with Crippen molar-refractivity contribution in [2.45, 2.75) is 36.9 Å². The molecule has 4 rings (SSSR count). The summed E-state index contributed by atoms with van der Waals surface area (Å²) in [4.78, 5) is 7.04. The Hall–Kier alpha value is -2.48. The third-order valence-electron chi connectivity index (χ3n) is 5.35. The first-order valence-corrected chi connectivity index (χ1v) is 10.9. The maximum atomic E-state index is 11.9. The zero-order chi connectivity index (χ0) is 19.7. The molecule has 0 spiro atoms. The van der Waals surface area contributed by atoms with Gasteiger partial charge in [0.25, 0.3) is 0 Å². The van der Waals surface area contributed by atoms with Crippen LogP contribution in [0.25, 0.3) is 10.8 Å². The average Bonchev–Trinajstić information content (AvgIpc) is 3.00. The van der Waals surface area contributed by atoms with Gasteiger partial charge in [-0.2, -0.15) is 0 Å². The van der Waals surface area contributed by atoms with Gasteiger partial charge in [0, 0.05) is 42.1 Å². The molecular formula is C21H24N4O2S. The maximum Gasteiger partial charge on any atom is 0.238 e. The van der Waals surface area contributed by atoms with Crippen molar-refractivity contribution in [1.29, 1.82) is 0 Å². The van der Waals surface area contributed by atoms with E-state index in [1.54, 1.807) is 18.3 Å². The predicted octanol–water partition coefficient (Wildman–Crippen LogP) is 2.96. The fourth-order valence-electron chi connectivity index (χ4n) is 3.98. The molecule has 0 bridgehead atoms. The zero-order valence-electron chi connectivity index (χ0n) is 15.7. The van der Waals surface area contributed by atoms with Crippen LogP contribution in [0.4, 0.5) is 5.82 Å². The summed E-state index contributed by atoms with van der Waals surface area (Å²) in [5.41, 5.74) is 1.30. The molecule has 2 atom stereocenters. The van der Waals surface area contributed by atoms with Crippen LogP contribution in [-0.4, -0.2) is 36.9 Å². The highest BCUT2D eigenvalue weighted by Gasteiger charge is 2.29. The van der Waals surface area contributed by atoms with Crippen molar-refractivity contribution in [2.24, 2.45) is 5.14 Å². The highest BCUT2D eigenvalue weighted by Crippen LogP contribution is 2.29. The number of hydrogen-bond acceptors (Lipinski definition) is 5. The van der Waals surface area contributed by atoms with Gasteiger partial charge in [-0.05, 0) is 31.0 Å². The Bertz CT molecular complexity index is 1090. The molecule has 0 saturated carbocycles. The quantitative estimate of drug-likeness (QED) is 0.692. The number of benzene rings is 2. The number of nitrogens with two attached hydrogens (primary N) is 1. The van der Waals surface area contributed by atoms with Crippen LogP contribution in [0.5, 0.6) is 0 Å². The van der Waals surface area contributed by atoms with Crippen LogP contribution in [0, 0.1) is 0 Å². The number of nitrogens with one attached hydrogen (secondary N) is 1. The molecule has 2 aromatic carbocycles. The molecule has 1 aliphatic rings. The van der Waals surface area contributed by atoms with Crippen molar-refractivity contribution in [1.82, 2.24) is 9.88 Å². The molecular weight excluding hydrogens is 372 g/mol. The van der Waals surface area contributed by atoms with Crippen LogP contribution >= 0.6 is 0 Å². The van der Waals surface area contributed by atoms with Crippen molar-refractivity contribution in [3.63, 3.8) is 0 Å². The highest BCUT2D eigenvalue weighted by molar-refractivity contribution is 7.89. The Morgan fingerprint density at radius 1 is 1.11 bits per heavy atom. The zero-order valence-corrected chi connectivity index (χ0v) is 16.6. The fourth-order valence-corrected chi connectivity index (χ4v) is 4.73. The van der Waals surface area contributed by atoms with E-state index in [0.29, 0.717) is 17.2 Å². The average molecular weight is 397 g/mol. The Morgan fingerprint density at radius 2 is 1.89 bits per heavy atom. The third kappa shape index (κ3) is 3.87. The molecule has 1 aliphatic heterocycles. The van der Waals surface area contributed by atoms with Crippen molar-refractivity contribution in [3.05, 3.63) is 66.4 Å². The van der Waals surface area contributed by atoms with Crippen LogP contribution < -0.4 is 10.5 Å². The summed E-state index contributed by atoms with van der Waals surface area (Å²) in [5.74, 6) is 0.696. The standard InChI is InChI=1S/C21H24N4O2S/c1-15-12-17(14-25(15)13-16-6-3-2-4-7-16)24-21-19-8-5-9-20(28(22,26)27)18(19)10-11-23-21/h2-11,15,17H,12-14H2,1H3,(H,23,24)(H2,22,26,27). The molecule has 0 amide bonds. The predicted molar refractivity (Wildman–Crippen MR) is 111 cm³/mol. The number of sulfonamides is 1. The van der Waals surface area contributed by atoms with Crippen LogP contribution in [0.2, 0.25) is 0 Å². The second-order valence-corrected chi connectivity index (χ2v) is 8.93. The van der Waals surface area contributed by atoms with E-state index in [-0.39, 0.29) is 10.9 Å². The second kappa shape index (κ2) is 7.50. The summed E-state index contributed by atoms with van der Waals surface area (Å²) < 4.78 is 23.8. The van der Waals surface area contributed by atoms with Gasteiger partial charge in [-0.25, -0.2) is 18.5 Å². The molecule has 2 heterocycles. The normalized spacial score (nSPS) is 20.5. The van der Waals surface area contributed by atoms with Crippen molar-refractivity contribution in [3.8, 4) is 0 Å². The summed E-state index contributed by atoms with van der Waals surface area (Å²) in [6.45, 7) is 4.06. The van der Waals surface area contributed by atoms with Crippen LogP contribution in [0.1, 0.15) is 18.9 Å². The molecule has 0 aliphatic carbocycles. The summed E-state index contributed by atoms with van der Waals surface area (Å²) in [7, 11) is -3.79. The largest absolute Gasteiger partial charge is 0.365 e. The first-order valence-electron chi connectivity index (χ1n) is 9.37. The van der Waals surface area contributed by atoms with Gasteiger partial charge in [0.05, 0.1) is 4.90 Å². The number of likely N-dealkylation sites (tertiary alicyclic amines) is 1. The first-order chi connectivity index (χ1) is 13.4. The van der Waals surface area contributed by atoms with Gasteiger partial charge in [-0.3, -0.25) is 4.90 Å². The molecule has 28 heavy (non-hydrogen) atoms. The monoisotopic (exact) mass is 396 g/mol. The Labute approximate surface area is 165 Å². The second-order valence-electron chi connectivity index (χ2n) is 7.40. The van der Waals surface area contributed by atoms with E-state index >= 15 is 0 Å². The van der Waals surface area contributed by atoms with E-state index in [1.165, 1.54) is 11.6 Å². The Kier molecular flexibility index (Phi) is 5.05.